The zero-order valence-electron chi connectivity index (χ0n) is 13.5. The molecule has 0 radical (unpaired) electrons. The van der Waals surface area contributed by atoms with Crippen LogP contribution in [0.4, 0.5) is 0 Å². The number of aliphatic hydroxyl groups is 1. The number of benzene rings is 1. The first kappa shape index (κ1) is 15.6. The summed E-state index contributed by atoms with van der Waals surface area (Å²) in [6.45, 7) is 8.70. The Balaban J connectivity index is 2.59. The Bertz CT molecular complexity index is 609. The van der Waals surface area contributed by atoms with Crippen LogP contribution in [-0.4, -0.2) is 22.0 Å². The first-order valence-corrected chi connectivity index (χ1v) is 7.31. The maximum atomic E-state index is 11.2. The molecule has 0 aliphatic heterocycles. The number of ether oxygens (including phenoxy) is 1. The third-order valence-corrected chi connectivity index (χ3v) is 3.71. The highest BCUT2D eigenvalue weighted by Crippen LogP contribution is 2.36. The van der Waals surface area contributed by atoms with E-state index in [1.165, 1.54) is 0 Å². The number of rotatable bonds is 5. The molecule has 114 valence electrons. The van der Waals surface area contributed by atoms with E-state index in [4.69, 9.17) is 4.74 Å². The summed E-state index contributed by atoms with van der Waals surface area (Å²) in [7, 11) is 1.61. The summed E-state index contributed by atoms with van der Waals surface area (Å²) < 4.78 is 7.23. The summed E-state index contributed by atoms with van der Waals surface area (Å²) in [5, 5.41) is 15.5. The Labute approximate surface area is 126 Å². The molecular weight excluding hydrogens is 264 g/mol. The number of aromatic nitrogens is 2. The van der Waals surface area contributed by atoms with Crippen LogP contribution < -0.4 is 4.74 Å². The van der Waals surface area contributed by atoms with Crippen LogP contribution in [0.25, 0.3) is 0 Å². The predicted molar refractivity (Wildman–Crippen MR) is 83.7 cm³/mol. The number of aryl methyl sites for hydroxylation is 3. The first-order valence-electron chi connectivity index (χ1n) is 7.31. The van der Waals surface area contributed by atoms with Crippen molar-refractivity contribution in [2.24, 2.45) is 0 Å². The maximum absolute atomic E-state index is 11.2. The summed E-state index contributed by atoms with van der Waals surface area (Å²) in [5.74, 6) is 0.618. The third-order valence-electron chi connectivity index (χ3n) is 3.71. The molecule has 0 amide bonds. The van der Waals surface area contributed by atoms with Gasteiger partial charge in [-0.3, -0.25) is 4.68 Å². The second-order valence-corrected chi connectivity index (χ2v) is 5.73. The van der Waals surface area contributed by atoms with Crippen molar-refractivity contribution >= 4 is 0 Å². The molecule has 0 saturated carbocycles. The van der Waals surface area contributed by atoms with Crippen LogP contribution in [-0.2, 0) is 12.1 Å². The number of hydrogen-bond donors (Lipinski definition) is 1. The third kappa shape index (κ3) is 2.95. The Hall–Kier alpha value is -1.81. The maximum Gasteiger partial charge on any atom is 0.163 e. The van der Waals surface area contributed by atoms with Crippen molar-refractivity contribution in [3.05, 3.63) is 46.8 Å². The fraction of sp³-hybridized carbons (Fsp3) is 0.471. The van der Waals surface area contributed by atoms with Gasteiger partial charge in [-0.2, -0.15) is 5.10 Å². The fourth-order valence-corrected chi connectivity index (χ4v) is 2.78. The van der Waals surface area contributed by atoms with Gasteiger partial charge in [0.25, 0.3) is 0 Å². The summed E-state index contributed by atoms with van der Waals surface area (Å²) in [6.07, 6.45) is 2.61. The van der Waals surface area contributed by atoms with E-state index in [0.717, 1.165) is 29.7 Å². The molecule has 0 fully saturated rings. The second-order valence-electron chi connectivity index (χ2n) is 5.73. The van der Waals surface area contributed by atoms with Gasteiger partial charge in [-0.1, -0.05) is 36.2 Å². The van der Waals surface area contributed by atoms with E-state index < -0.39 is 5.60 Å². The van der Waals surface area contributed by atoms with Gasteiger partial charge in [0.1, 0.15) is 11.3 Å². The van der Waals surface area contributed by atoms with Crippen molar-refractivity contribution in [1.82, 2.24) is 9.78 Å². The quantitative estimate of drug-likeness (QED) is 0.919. The Morgan fingerprint density at radius 2 is 1.86 bits per heavy atom. The highest BCUT2D eigenvalue weighted by atomic mass is 16.5. The van der Waals surface area contributed by atoms with E-state index >= 15 is 0 Å². The van der Waals surface area contributed by atoms with Gasteiger partial charge in [-0.15, -0.1) is 0 Å². The summed E-state index contributed by atoms with van der Waals surface area (Å²) in [6, 6.07) is 6.12. The minimum absolute atomic E-state index is 0.618. The van der Waals surface area contributed by atoms with Crippen LogP contribution in [0.2, 0.25) is 0 Å². The van der Waals surface area contributed by atoms with Gasteiger partial charge >= 0.3 is 0 Å². The van der Waals surface area contributed by atoms with Crippen LogP contribution in [0, 0.1) is 13.8 Å². The number of hydrogen-bond acceptors (Lipinski definition) is 3. The summed E-state index contributed by atoms with van der Waals surface area (Å²) in [4.78, 5) is 0. The molecule has 0 aliphatic carbocycles. The molecule has 0 bridgehead atoms. The topological polar surface area (TPSA) is 47.3 Å². The van der Waals surface area contributed by atoms with Crippen LogP contribution in [0.15, 0.2) is 24.4 Å². The SMILES string of the molecule is CCCn1ncc(OC)c1C(C)(O)c1cc(C)cc(C)c1. The molecular formula is C17H24N2O2. The molecule has 1 N–H and O–H groups in total. The van der Waals surface area contributed by atoms with Crippen molar-refractivity contribution in [3.8, 4) is 5.75 Å². The van der Waals surface area contributed by atoms with Crippen molar-refractivity contribution in [1.29, 1.82) is 0 Å². The van der Waals surface area contributed by atoms with E-state index in [2.05, 4.69) is 18.1 Å². The standard InChI is InChI=1S/C17H24N2O2/c1-6-7-19-16(15(21-5)11-18-19)17(4,20)14-9-12(2)8-13(3)10-14/h8-11,20H,6-7H2,1-5H3. The molecule has 21 heavy (non-hydrogen) atoms. The van der Waals surface area contributed by atoms with Gasteiger partial charge in [0.2, 0.25) is 0 Å². The van der Waals surface area contributed by atoms with Gasteiger partial charge in [-0.05, 0) is 32.8 Å². The molecule has 1 atom stereocenters. The van der Waals surface area contributed by atoms with Gasteiger partial charge in [0.15, 0.2) is 5.75 Å². The van der Waals surface area contributed by atoms with Crippen LogP contribution in [0.1, 0.15) is 42.7 Å². The Kier molecular flexibility index (Phi) is 4.37. The molecule has 1 heterocycles. The lowest BCUT2D eigenvalue weighted by Crippen LogP contribution is -2.28. The van der Waals surface area contributed by atoms with Crippen molar-refractivity contribution < 1.29 is 9.84 Å². The van der Waals surface area contributed by atoms with E-state index in [-0.39, 0.29) is 0 Å². The van der Waals surface area contributed by atoms with Crippen LogP contribution in [0.5, 0.6) is 5.75 Å². The number of methoxy groups -OCH3 is 1. The Morgan fingerprint density at radius 1 is 1.24 bits per heavy atom. The zero-order valence-corrected chi connectivity index (χ0v) is 13.5. The second kappa shape index (κ2) is 5.90. The minimum Gasteiger partial charge on any atom is -0.493 e. The highest BCUT2D eigenvalue weighted by molar-refractivity contribution is 5.42. The largest absolute Gasteiger partial charge is 0.493 e. The lowest BCUT2D eigenvalue weighted by molar-refractivity contribution is 0.0880. The number of nitrogens with zero attached hydrogens (tertiary/aromatic N) is 2. The average molecular weight is 288 g/mol. The molecule has 2 rings (SSSR count). The molecule has 0 spiro atoms. The smallest absolute Gasteiger partial charge is 0.163 e. The lowest BCUT2D eigenvalue weighted by Gasteiger charge is -2.26. The van der Waals surface area contributed by atoms with Crippen molar-refractivity contribution in [2.75, 3.05) is 7.11 Å². The zero-order chi connectivity index (χ0) is 15.6. The Morgan fingerprint density at radius 3 is 2.38 bits per heavy atom. The average Bonchev–Trinajstić information content (AvgIpc) is 2.81. The summed E-state index contributed by atoms with van der Waals surface area (Å²) in [5.41, 5.74) is 2.68. The molecule has 1 aromatic carbocycles. The minimum atomic E-state index is -1.15. The lowest BCUT2D eigenvalue weighted by atomic mass is 9.89. The first-order chi connectivity index (χ1) is 9.90. The van der Waals surface area contributed by atoms with E-state index in [1.54, 1.807) is 20.2 Å². The highest BCUT2D eigenvalue weighted by Gasteiger charge is 2.33. The van der Waals surface area contributed by atoms with Crippen molar-refractivity contribution in [2.45, 2.75) is 46.3 Å². The van der Waals surface area contributed by atoms with Crippen molar-refractivity contribution in [3.63, 3.8) is 0 Å². The van der Waals surface area contributed by atoms with Gasteiger partial charge in [0, 0.05) is 6.54 Å². The molecule has 0 saturated heterocycles. The molecule has 1 unspecified atom stereocenters. The normalized spacial score (nSPS) is 14.0. The molecule has 4 nitrogen and oxygen atoms in total. The molecule has 4 heteroatoms. The molecule has 1 aromatic heterocycles. The monoisotopic (exact) mass is 288 g/mol. The van der Waals surface area contributed by atoms with Gasteiger partial charge in [-0.25, -0.2) is 0 Å². The summed E-state index contributed by atoms with van der Waals surface area (Å²) >= 11 is 0. The van der Waals surface area contributed by atoms with Gasteiger partial charge in [0.05, 0.1) is 13.3 Å². The molecule has 2 aromatic rings. The van der Waals surface area contributed by atoms with Crippen LogP contribution >= 0.6 is 0 Å². The van der Waals surface area contributed by atoms with E-state index in [0.29, 0.717) is 11.4 Å². The fourth-order valence-electron chi connectivity index (χ4n) is 2.78. The van der Waals surface area contributed by atoms with Crippen LogP contribution in [0.3, 0.4) is 0 Å². The van der Waals surface area contributed by atoms with E-state index in [9.17, 15) is 5.11 Å². The van der Waals surface area contributed by atoms with Gasteiger partial charge < -0.3 is 9.84 Å². The molecule has 0 aliphatic rings. The van der Waals surface area contributed by atoms with E-state index in [1.807, 2.05) is 30.7 Å². The predicted octanol–water partition coefficient (Wildman–Crippen LogP) is 3.17.